The van der Waals surface area contributed by atoms with Gasteiger partial charge < -0.3 is 10.1 Å². The summed E-state index contributed by atoms with van der Waals surface area (Å²) in [6, 6.07) is 13.4. The highest BCUT2D eigenvalue weighted by atomic mass is 19.1. The van der Waals surface area contributed by atoms with Gasteiger partial charge in [0.1, 0.15) is 5.82 Å². The van der Waals surface area contributed by atoms with E-state index in [2.05, 4.69) is 29.6 Å². The third-order valence-electron chi connectivity index (χ3n) is 3.49. The van der Waals surface area contributed by atoms with Crippen LogP contribution < -0.4 is 5.32 Å². The highest BCUT2D eigenvalue weighted by Crippen LogP contribution is 2.25. The summed E-state index contributed by atoms with van der Waals surface area (Å²) in [6.07, 6.45) is 0.907. The zero-order valence-electron chi connectivity index (χ0n) is 12.7. The molecular weight excluding hydrogens is 265 g/mol. The molecule has 0 radical (unpaired) electrons. The monoisotopic (exact) mass is 287 g/mol. The van der Waals surface area contributed by atoms with Crippen molar-refractivity contribution in [1.29, 1.82) is 0 Å². The van der Waals surface area contributed by atoms with Crippen molar-refractivity contribution in [2.75, 3.05) is 20.3 Å². The van der Waals surface area contributed by atoms with Crippen LogP contribution in [0.25, 0.3) is 11.1 Å². The van der Waals surface area contributed by atoms with Crippen LogP contribution in [-0.2, 0) is 17.7 Å². The molecule has 0 bridgehead atoms. The van der Waals surface area contributed by atoms with Gasteiger partial charge in [-0.3, -0.25) is 0 Å². The van der Waals surface area contributed by atoms with Crippen LogP contribution in [0, 0.1) is 5.82 Å². The summed E-state index contributed by atoms with van der Waals surface area (Å²) in [7, 11) is 1.71. The standard InChI is InChI=1S/C18H22FNO/c1-3-20-13-16-12-17(19)8-9-18(16)15-6-4-14(5-7-15)10-11-21-2/h4-9,12,20H,3,10-11,13H2,1-2H3. The molecule has 3 heteroatoms. The first kappa shape index (κ1) is 15.7. The molecule has 0 atom stereocenters. The van der Waals surface area contributed by atoms with Crippen molar-refractivity contribution in [2.24, 2.45) is 0 Å². The van der Waals surface area contributed by atoms with E-state index in [9.17, 15) is 4.39 Å². The van der Waals surface area contributed by atoms with E-state index in [4.69, 9.17) is 4.74 Å². The van der Waals surface area contributed by atoms with Crippen molar-refractivity contribution in [3.05, 3.63) is 59.4 Å². The lowest BCUT2D eigenvalue weighted by Crippen LogP contribution is -2.12. The van der Waals surface area contributed by atoms with E-state index in [0.717, 1.165) is 36.3 Å². The van der Waals surface area contributed by atoms with Gasteiger partial charge in [0.05, 0.1) is 6.61 Å². The summed E-state index contributed by atoms with van der Waals surface area (Å²) < 4.78 is 18.5. The normalized spacial score (nSPS) is 10.8. The van der Waals surface area contributed by atoms with Gasteiger partial charge in [-0.25, -0.2) is 4.39 Å². The molecule has 0 saturated carbocycles. The van der Waals surface area contributed by atoms with E-state index in [-0.39, 0.29) is 5.82 Å². The van der Waals surface area contributed by atoms with E-state index in [1.54, 1.807) is 13.2 Å². The van der Waals surface area contributed by atoms with Crippen LogP contribution >= 0.6 is 0 Å². The molecule has 21 heavy (non-hydrogen) atoms. The Kier molecular flexibility index (Phi) is 5.90. The number of hydrogen-bond donors (Lipinski definition) is 1. The van der Waals surface area contributed by atoms with Crippen molar-refractivity contribution < 1.29 is 9.13 Å². The van der Waals surface area contributed by atoms with Gasteiger partial charge in [0, 0.05) is 13.7 Å². The molecule has 0 saturated heterocycles. The first-order chi connectivity index (χ1) is 10.2. The van der Waals surface area contributed by atoms with Gasteiger partial charge in [0.25, 0.3) is 0 Å². The lowest BCUT2D eigenvalue weighted by atomic mass is 9.98. The number of halogens is 1. The maximum atomic E-state index is 13.5. The lowest BCUT2D eigenvalue weighted by molar-refractivity contribution is 0.202. The average molecular weight is 287 g/mol. The summed E-state index contributed by atoms with van der Waals surface area (Å²) in [5.74, 6) is -0.191. The molecule has 0 aliphatic rings. The van der Waals surface area contributed by atoms with Crippen LogP contribution in [0.1, 0.15) is 18.1 Å². The molecule has 0 spiro atoms. The summed E-state index contributed by atoms with van der Waals surface area (Å²) in [4.78, 5) is 0. The molecule has 0 fully saturated rings. The average Bonchev–Trinajstić information content (AvgIpc) is 2.51. The highest BCUT2D eigenvalue weighted by molar-refractivity contribution is 5.67. The summed E-state index contributed by atoms with van der Waals surface area (Å²) in [5, 5.41) is 3.26. The third kappa shape index (κ3) is 4.38. The minimum Gasteiger partial charge on any atom is -0.384 e. The number of rotatable bonds is 7. The SMILES string of the molecule is CCNCc1cc(F)ccc1-c1ccc(CCOC)cc1. The van der Waals surface area contributed by atoms with E-state index >= 15 is 0 Å². The van der Waals surface area contributed by atoms with Gasteiger partial charge in [-0.05, 0) is 47.4 Å². The zero-order valence-corrected chi connectivity index (χ0v) is 12.7. The van der Waals surface area contributed by atoms with Crippen molar-refractivity contribution in [1.82, 2.24) is 5.32 Å². The highest BCUT2D eigenvalue weighted by Gasteiger charge is 2.06. The third-order valence-corrected chi connectivity index (χ3v) is 3.49. The largest absolute Gasteiger partial charge is 0.384 e. The molecule has 112 valence electrons. The lowest BCUT2D eigenvalue weighted by Gasteiger charge is -2.11. The first-order valence-corrected chi connectivity index (χ1v) is 7.32. The molecule has 1 N–H and O–H groups in total. The van der Waals surface area contributed by atoms with Crippen LogP contribution in [0.4, 0.5) is 4.39 Å². The second kappa shape index (κ2) is 7.91. The Bertz CT molecular complexity index is 566. The van der Waals surface area contributed by atoms with Crippen LogP contribution in [0.5, 0.6) is 0 Å². The second-order valence-electron chi connectivity index (χ2n) is 5.02. The Morgan fingerprint density at radius 2 is 1.86 bits per heavy atom. The van der Waals surface area contributed by atoms with Crippen LogP contribution in [0.2, 0.25) is 0 Å². The Morgan fingerprint density at radius 3 is 2.52 bits per heavy atom. The van der Waals surface area contributed by atoms with Gasteiger partial charge in [-0.15, -0.1) is 0 Å². The molecule has 0 aromatic heterocycles. The summed E-state index contributed by atoms with van der Waals surface area (Å²) in [6.45, 7) is 4.31. The van der Waals surface area contributed by atoms with Gasteiger partial charge in [-0.2, -0.15) is 0 Å². The molecule has 0 aliphatic heterocycles. The fourth-order valence-corrected chi connectivity index (χ4v) is 2.32. The van der Waals surface area contributed by atoms with Crippen LogP contribution in [-0.4, -0.2) is 20.3 Å². The van der Waals surface area contributed by atoms with Gasteiger partial charge in [0.2, 0.25) is 0 Å². The predicted molar refractivity (Wildman–Crippen MR) is 84.8 cm³/mol. The Balaban J connectivity index is 2.24. The number of nitrogens with one attached hydrogen (secondary N) is 1. The number of methoxy groups -OCH3 is 1. The minimum atomic E-state index is -0.191. The van der Waals surface area contributed by atoms with E-state index in [1.807, 2.05) is 13.0 Å². The van der Waals surface area contributed by atoms with Crippen molar-refractivity contribution in [3.8, 4) is 11.1 Å². The van der Waals surface area contributed by atoms with Gasteiger partial charge in [0.15, 0.2) is 0 Å². The van der Waals surface area contributed by atoms with Gasteiger partial charge >= 0.3 is 0 Å². The molecule has 2 rings (SSSR count). The first-order valence-electron chi connectivity index (χ1n) is 7.32. The Morgan fingerprint density at radius 1 is 1.10 bits per heavy atom. The molecule has 2 aromatic rings. The molecule has 0 unspecified atom stereocenters. The van der Waals surface area contributed by atoms with Crippen LogP contribution in [0.3, 0.4) is 0 Å². The van der Waals surface area contributed by atoms with E-state index in [1.165, 1.54) is 11.6 Å². The molecule has 0 aliphatic carbocycles. The number of benzene rings is 2. The maximum absolute atomic E-state index is 13.5. The van der Waals surface area contributed by atoms with Gasteiger partial charge in [-0.1, -0.05) is 37.3 Å². The number of hydrogen-bond acceptors (Lipinski definition) is 2. The molecular formula is C18H22FNO. The topological polar surface area (TPSA) is 21.3 Å². The Hall–Kier alpha value is -1.71. The number of ether oxygens (including phenoxy) is 1. The quantitative estimate of drug-likeness (QED) is 0.836. The predicted octanol–water partition coefficient (Wildman–Crippen LogP) is 3.79. The molecule has 2 nitrogen and oxygen atoms in total. The zero-order chi connectivity index (χ0) is 15.1. The molecule has 0 amide bonds. The second-order valence-corrected chi connectivity index (χ2v) is 5.02. The molecule has 0 heterocycles. The van der Waals surface area contributed by atoms with Crippen LogP contribution in [0.15, 0.2) is 42.5 Å². The maximum Gasteiger partial charge on any atom is 0.123 e. The smallest absolute Gasteiger partial charge is 0.123 e. The minimum absolute atomic E-state index is 0.191. The van der Waals surface area contributed by atoms with Crippen molar-refractivity contribution >= 4 is 0 Å². The van der Waals surface area contributed by atoms with Crippen molar-refractivity contribution in [2.45, 2.75) is 19.9 Å². The Labute approximate surface area is 126 Å². The summed E-state index contributed by atoms with van der Waals surface area (Å²) in [5.41, 5.74) is 4.43. The van der Waals surface area contributed by atoms with Crippen molar-refractivity contribution in [3.63, 3.8) is 0 Å². The van der Waals surface area contributed by atoms with E-state index in [0.29, 0.717) is 6.54 Å². The fraction of sp³-hybridized carbons (Fsp3) is 0.333. The molecule has 2 aromatic carbocycles. The van der Waals surface area contributed by atoms with E-state index < -0.39 is 0 Å². The fourth-order valence-electron chi connectivity index (χ4n) is 2.32. The summed E-state index contributed by atoms with van der Waals surface area (Å²) >= 11 is 0.